The number of aromatic nitrogens is 3. The lowest BCUT2D eigenvalue weighted by atomic mass is 10.0. The number of anilines is 1. The average molecular weight is 442 g/mol. The summed E-state index contributed by atoms with van der Waals surface area (Å²) in [6.45, 7) is 10.2. The van der Waals surface area contributed by atoms with Gasteiger partial charge in [0.2, 0.25) is 0 Å². The van der Waals surface area contributed by atoms with Crippen molar-refractivity contribution in [1.82, 2.24) is 19.9 Å². The van der Waals surface area contributed by atoms with E-state index < -0.39 is 11.7 Å². The summed E-state index contributed by atoms with van der Waals surface area (Å²) in [4.78, 5) is 18.5. The van der Waals surface area contributed by atoms with Crippen LogP contribution in [0.25, 0.3) is 16.8 Å². The second-order valence-electron chi connectivity index (χ2n) is 8.80. The van der Waals surface area contributed by atoms with E-state index in [0.717, 1.165) is 24.3 Å². The molecule has 8 nitrogen and oxygen atoms in total. The number of nitrogens with zero attached hydrogens (tertiary/aromatic N) is 4. The molecule has 0 bridgehead atoms. The predicted octanol–water partition coefficient (Wildman–Crippen LogP) is 3.71. The summed E-state index contributed by atoms with van der Waals surface area (Å²) in [5.41, 5.74) is 3.18. The Hall–Kier alpha value is -3.20. The molecule has 0 spiro atoms. The van der Waals surface area contributed by atoms with Gasteiger partial charge in [-0.15, -0.1) is 0 Å². The van der Waals surface area contributed by atoms with Crippen LogP contribution in [0.3, 0.4) is 0 Å². The third-order valence-corrected chi connectivity index (χ3v) is 5.34. The molecule has 170 valence electrons. The van der Waals surface area contributed by atoms with Gasteiger partial charge in [-0.25, -0.2) is 18.7 Å². The zero-order chi connectivity index (χ0) is 22.9. The molecule has 1 amide bonds. The maximum Gasteiger partial charge on any atom is 0.407 e. The zero-order valence-corrected chi connectivity index (χ0v) is 18.8. The largest absolute Gasteiger partial charge is 0.444 e. The van der Waals surface area contributed by atoms with Crippen molar-refractivity contribution < 1.29 is 18.7 Å². The van der Waals surface area contributed by atoms with E-state index in [1.54, 1.807) is 44.3 Å². The maximum absolute atomic E-state index is 15.4. The lowest BCUT2D eigenvalue weighted by Crippen LogP contribution is -2.35. The monoisotopic (exact) mass is 441 g/mol. The second kappa shape index (κ2) is 8.74. The van der Waals surface area contributed by atoms with Gasteiger partial charge in [0.05, 0.1) is 30.6 Å². The van der Waals surface area contributed by atoms with Gasteiger partial charge in [0, 0.05) is 25.2 Å². The molecule has 0 atom stereocenters. The molecule has 0 saturated carbocycles. The van der Waals surface area contributed by atoms with E-state index in [9.17, 15) is 4.79 Å². The van der Waals surface area contributed by atoms with Crippen LogP contribution in [0.5, 0.6) is 0 Å². The molecule has 3 aromatic rings. The van der Waals surface area contributed by atoms with Crippen LogP contribution >= 0.6 is 0 Å². The highest BCUT2D eigenvalue weighted by molar-refractivity contribution is 5.80. The number of fused-ring (bicyclic) bond motifs is 1. The Morgan fingerprint density at radius 1 is 1.28 bits per heavy atom. The summed E-state index contributed by atoms with van der Waals surface area (Å²) in [6.07, 6.45) is 2.82. The summed E-state index contributed by atoms with van der Waals surface area (Å²) < 4.78 is 27.8. The number of halogens is 1. The quantitative estimate of drug-likeness (QED) is 0.665. The molecule has 2 aromatic heterocycles. The number of alkyl carbamates (subject to hydrolysis) is 1. The van der Waals surface area contributed by atoms with Crippen molar-refractivity contribution in [2.45, 2.75) is 39.8 Å². The Kier molecular flexibility index (Phi) is 6.01. The summed E-state index contributed by atoms with van der Waals surface area (Å²) in [6, 6.07) is 5.47. The molecule has 0 aliphatic carbocycles. The standard InChI is InChI=1S/C23H28FN5O3/c1-15-16(12-25-22(30)32-23(2,3)4)5-6-18(20(15)24)21-19-11-17(13-29(19)27-14-26-21)28-7-9-31-10-8-28/h5-6,11,13-14H,7-10,12H2,1-4H3,(H,25,30). The molecule has 4 rings (SSSR count). The number of amides is 1. The van der Waals surface area contributed by atoms with Gasteiger partial charge >= 0.3 is 6.09 Å². The van der Waals surface area contributed by atoms with Gasteiger partial charge in [0.15, 0.2) is 0 Å². The number of nitrogens with one attached hydrogen (secondary N) is 1. The fourth-order valence-electron chi connectivity index (χ4n) is 3.70. The fourth-order valence-corrected chi connectivity index (χ4v) is 3.70. The Labute approximate surface area is 186 Å². The lowest BCUT2D eigenvalue weighted by molar-refractivity contribution is 0.0523. The van der Waals surface area contributed by atoms with Crippen LogP contribution in [-0.2, 0) is 16.0 Å². The van der Waals surface area contributed by atoms with Crippen molar-refractivity contribution in [3.05, 3.63) is 47.7 Å². The SMILES string of the molecule is Cc1c(CNC(=O)OC(C)(C)C)ccc(-c2ncnn3cc(N4CCOCC4)cc23)c1F. The first-order chi connectivity index (χ1) is 15.2. The lowest BCUT2D eigenvalue weighted by Gasteiger charge is -2.27. The Morgan fingerprint density at radius 2 is 2.03 bits per heavy atom. The van der Waals surface area contributed by atoms with Gasteiger partial charge < -0.3 is 19.7 Å². The molecule has 0 unspecified atom stereocenters. The van der Waals surface area contributed by atoms with E-state index >= 15 is 4.39 Å². The minimum absolute atomic E-state index is 0.170. The van der Waals surface area contributed by atoms with Gasteiger partial charge in [-0.05, 0) is 51.0 Å². The summed E-state index contributed by atoms with van der Waals surface area (Å²) >= 11 is 0. The average Bonchev–Trinajstić information content (AvgIpc) is 3.19. The minimum Gasteiger partial charge on any atom is -0.444 e. The van der Waals surface area contributed by atoms with Crippen LogP contribution in [0.2, 0.25) is 0 Å². The Bertz CT molecular complexity index is 1130. The van der Waals surface area contributed by atoms with Crippen LogP contribution < -0.4 is 10.2 Å². The van der Waals surface area contributed by atoms with E-state index in [0.29, 0.717) is 35.6 Å². The number of hydrogen-bond donors (Lipinski definition) is 1. The Balaban J connectivity index is 1.60. The van der Waals surface area contributed by atoms with Crippen LogP contribution in [-0.4, -0.2) is 52.6 Å². The van der Waals surface area contributed by atoms with Crippen molar-refractivity contribution in [3.8, 4) is 11.3 Å². The van der Waals surface area contributed by atoms with Crippen LogP contribution in [0.1, 0.15) is 31.9 Å². The van der Waals surface area contributed by atoms with Gasteiger partial charge in [0.1, 0.15) is 23.4 Å². The van der Waals surface area contributed by atoms with E-state index in [1.165, 1.54) is 6.33 Å². The van der Waals surface area contributed by atoms with E-state index in [1.807, 2.05) is 12.3 Å². The van der Waals surface area contributed by atoms with Crippen molar-refractivity contribution in [3.63, 3.8) is 0 Å². The van der Waals surface area contributed by atoms with Gasteiger partial charge in [-0.3, -0.25) is 0 Å². The van der Waals surface area contributed by atoms with Crippen molar-refractivity contribution in [2.75, 3.05) is 31.2 Å². The third-order valence-electron chi connectivity index (χ3n) is 5.34. The van der Waals surface area contributed by atoms with Gasteiger partial charge in [-0.1, -0.05) is 6.07 Å². The molecule has 1 aliphatic rings. The highest BCUT2D eigenvalue weighted by atomic mass is 19.1. The molecule has 1 aromatic carbocycles. The molecule has 0 radical (unpaired) electrons. The topological polar surface area (TPSA) is 81.0 Å². The van der Waals surface area contributed by atoms with Gasteiger partial charge in [-0.2, -0.15) is 5.10 Å². The first kappa shape index (κ1) is 22.0. The number of carbonyl (C=O) groups excluding carboxylic acids is 1. The molecule has 32 heavy (non-hydrogen) atoms. The van der Waals surface area contributed by atoms with Crippen molar-refractivity contribution >= 4 is 17.3 Å². The summed E-state index contributed by atoms with van der Waals surface area (Å²) in [5.74, 6) is -0.372. The van der Waals surface area contributed by atoms with Crippen molar-refractivity contribution in [1.29, 1.82) is 0 Å². The van der Waals surface area contributed by atoms with E-state index in [-0.39, 0.29) is 12.4 Å². The normalized spacial score (nSPS) is 14.6. The molecule has 1 N–H and O–H groups in total. The number of morpholine rings is 1. The van der Waals surface area contributed by atoms with Crippen LogP contribution in [0.4, 0.5) is 14.9 Å². The van der Waals surface area contributed by atoms with E-state index in [2.05, 4.69) is 20.3 Å². The number of carbonyl (C=O) groups is 1. The Morgan fingerprint density at radius 3 is 2.75 bits per heavy atom. The minimum atomic E-state index is -0.593. The molecule has 1 fully saturated rings. The number of hydrogen-bond acceptors (Lipinski definition) is 6. The number of ether oxygens (including phenoxy) is 2. The highest BCUT2D eigenvalue weighted by Gasteiger charge is 2.20. The van der Waals surface area contributed by atoms with Crippen LogP contribution in [0.15, 0.2) is 30.7 Å². The molecule has 9 heteroatoms. The van der Waals surface area contributed by atoms with Gasteiger partial charge in [0.25, 0.3) is 0 Å². The first-order valence-electron chi connectivity index (χ1n) is 10.6. The molecule has 3 heterocycles. The molecule has 1 saturated heterocycles. The highest BCUT2D eigenvalue weighted by Crippen LogP contribution is 2.31. The van der Waals surface area contributed by atoms with E-state index in [4.69, 9.17) is 9.47 Å². The molecular weight excluding hydrogens is 413 g/mol. The molecular formula is C23H28FN5O3. The summed E-state index contributed by atoms with van der Waals surface area (Å²) in [7, 11) is 0. The zero-order valence-electron chi connectivity index (χ0n) is 18.8. The number of benzene rings is 1. The third kappa shape index (κ3) is 4.67. The predicted molar refractivity (Wildman–Crippen MR) is 119 cm³/mol. The number of rotatable bonds is 4. The van der Waals surface area contributed by atoms with Crippen LogP contribution in [0, 0.1) is 12.7 Å². The molecule has 1 aliphatic heterocycles. The second-order valence-corrected chi connectivity index (χ2v) is 8.80. The van der Waals surface area contributed by atoms with Crippen molar-refractivity contribution in [2.24, 2.45) is 0 Å². The maximum atomic E-state index is 15.4. The fraction of sp³-hybridized carbons (Fsp3) is 0.435. The summed E-state index contributed by atoms with van der Waals surface area (Å²) in [5, 5.41) is 6.97. The first-order valence-corrected chi connectivity index (χ1v) is 10.6. The smallest absolute Gasteiger partial charge is 0.407 e.